The molecule has 4 nitrogen and oxygen atoms in total. The summed E-state index contributed by atoms with van der Waals surface area (Å²) in [5, 5.41) is 12.0. The van der Waals surface area contributed by atoms with Gasteiger partial charge in [-0.1, -0.05) is 11.6 Å². The molecule has 0 saturated heterocycles. The van der Waals surface area contributed by atoms with Gasteiger partial charge in [-0.3, -0.25) is 4.79 Å². The predicted molar refractivity (Wildman–Crippen MR) is 71.1 cm³/mol. The van der Waals surface area contributed by atoms with Crippen molar-refractivity contribution in [1.82, 2.24) is 4.57 Å². The third-order valence-electron chi connectivity index (χ3n) is 2.64. The first-order chi connectivity index (χ1) is 9.01. The van der Waals surface area contributed by atoms with Gasteiger partial charge in [-0.05, 0) is 25.1 Å². The number of carbonyl (C=O) groups is 1. The Morgan fingerprint density at radius 1 is 1.47 bits per heavy atom. The van der Waals surface area contributed by atoms with Crippen molar-refractivity contribution in [3.8, 4) is 5.75 Å². The number of anilines is 1. The normalized spacial score (nSPS) is 10.5. The molecular formula is C13H12ClFN2O2. The number of aryl methyl sites for hydroxylation is 1. The molecule has 0 unspecified atom stereocenters. The van der Waals surface area contributed by atoms with E-state index in [1.54, 1.807) is 10.8 Å². The molecule has 100 valence electrons. The van der Waals surface area contributed by atoms with Gasteiger partial charge >= 0.3 is 0 Å². The Morgan fingerprint density at radius 2 is 2.21 bits per heavy atom. The van der Waals surface area contributed by atoms with Crippen molar-refractivity contribution in [3.05, 3.63) is 47.0 Å². The maximum absolute atomic E-state index is 13.5. The lowest BCUT2D eigenvalue weighted by molar-refractivity contribution is 0.101. The van der Waals surface area contributed by atoms with Crippen LogP contribution in [0.25, 0.3) is 0 Å². The molecule has 0 aliphatic heterocycles. The van der Waals surface area contributed by atoms with E-state index in [0.717, 1.165) is 6.07 Å². The first kappa shape index (κ1) is 13.4. The Bertz CT molecular complexity index is 625. The Labute approximate surface area is 114 Å². The second kappa shape index (κ2) is 5.32. The number of aromatic hydroxyl groups is 1. The van der Waals surface area contributed by atoms with Crippen LogP contribution < -0.4 is 5.32 Å². The minimum atomic E-state index is -0.700. The van der Waals surface area contributed by atoms with E-state index in [-0.39, 0.29) is 11.4 Å². The largest absolute Gasteiger partial charge is 0.508 e. The summed E-state index contributed by atoms with van der Waals surface area (Å²) in [7, 11) is 0. The molecule has 0 fully saturated rings. The molecule has 0 aliphatic rings. The van der Waals surface area contributed by atoms with Gasteiger partial charge in [0, 0.05) is 18.8 Å². The molecule has 0 spiro atoms. The quantitative estimate of drug-likeness (QED) is 0.849. The molecule has 0 atom stereocenters. The topological polar surface area (TPSA) is 54.3 Å². The van der Waals surface area contributed by atoms with Crippen molar-refractivity contribution in [1.29, 1.82) is 0 Å². The fourth-order valence-electron chi connectivity index (χ4n) is 1.72. The summed E-state index contributed by atoms with van der Waals surface area (Å²) in [6, 6.07) is 5.04. The SMILES string of the molecule is CCn1cc(Cl)cc1C(=O)Nc1ccc(O)cc1F. The Morgan fingerprint density at radius 3 is 2.84 bits per heavy atom. The van der Waals surface area contributed by atoms with Gasteiger partial charge in [0.1, 0.15) is 17.3 Å². The van der Waals surface area contributed by atoms with Crippen LogP contribution in [0.2, 0.25) is 5.02 Å². The summed E-state index contributed by atoms with van der Waals surface area (Å²) < 4.78 is 15.2. The Balaban J connectivity index is 2.25. The summed E-state index contributed by atoms with van der Waals surface area (Å²) >= 11 is 5.84. The van der Waals surface area contributed by atoms with Crippen LogP contribution in [0.15, 0.2) is 30.5 Å². The first-order valence-corrected chi connectivity index (χ1v) is 6.04. The molecule has 1 aromatic heterocycles. The molecule has 0 bridgehead atoms. The molecule has 0 aliphatic carbocycles. The van der Waals surface area contributed by atoms with E-state index < -0.39 is 11.7 Å². The second-order valence-electron chi connectivity index (χ2n) is 3.95. The van der Waals surface area contributed by atoms with E-state index in [4.69, 9.17) is 16.7 Å². The second-order valence-corrected chi connectivity index (χ2v) is 4.38. The first-order valence-electron chi connectivity index (χ1n) is 5.66. The van der Waals surface area contributed by atoms with Gasteiger partial charge < -0.3 is 15.0 Å². The average Bonchev–Trinajstić information content (AvgIpc) is 2.74. The summed E-state index contributed by atoms with van der Waals surface area (Å²) in [5.41, 5.74) is 0.350. The van der Waals surface area contributed by atoms with Crippen LogP contribution in [-0.4, -0.2) is 15.6 Å². The van der Waals surface area contributed by atoms with Crippen LogP contribution in [0.3, 0.4) is 0 Å². The molecular weight excluding hydrogens is 271 g/mol. The minimum absolute atomic E-state index is 0.00257. The number of nitrogens with zero attached hydrogens (tertiary/aromatic N) is 1. The number of phenols is 1. The third kappa shape index (κ3) is 2.88. The molecule has 1 aromatic carbocycles. The van der Waals surface area contributed by atoms with E-state index in [1.807, 2.05) is 6.92 Å². The number of halogens is 2. The summed E-state index contributed by atoms with van der Waals surface area (Å²) in [6.07, 6.45) is 1.63. The number of nitrogens with one attached hydrogen (secondary N) is 1. The summed E-state index contributed by atoms with van der Waals surface area (Å²) in [4.78, 5) is 12.0. The number of rotatable bonds is 3. The highest BCUT2D eigenvalue weighted by molar-refractivity contribution is 6.31. The van der Waals surface area contributed by atoms with E-state index >= 15 is 0 Å². The predicted octanol–water partition coefficient (Wildman–Crippen LogP) is 3.26. The lowest BCUT2D eigenvalue weighted by Gasteiger charge is -2.08. The highest BCUT2D eigenvalue weighted by Gasteiger charge is 2.14. The van der Waals surface area contributed by atoms with Gasteiger partial charge in [-0.2, -0.15) is 0 Å². The fraction of sp³-hybridized carbons (Fsp3) is 0.154. The number of amides is 1. The molecule has 2 rings (SSSR count). The number of aromatic nitrogens is 1. The third-order valence-corrected chi connectivity index (χ3v) is 2.84. The average molecular weight is 283 g/mol. The molecule has 6 heteroatoms. The lowest BCUT2D eigenvalue weighted by atomic mass is 10.2. The van der Waals surface area contributed by atoms with Crippen molar-refractivity contribution in [2.24, 2.45) is 0 Å². The van der Waals surface area contributed by atoms with E-state index in [2.05, 4.69) is 5.32 Å². The van der Waals surface area contributed by atoms with Crippen LogP contribution in [0, 0.1) is 5.82 Å². The van der Waals surface area contributed by atoms with Gasteiger partial charge in [0.05, 0.1) is 10.7 Å². The van der Waals surface area contributed by atoms with Crippen molar-refractivity contribution in [2.75, 3.05) is 5.32 Å². The number of hydrogen-bond acceptors (Lipinski definition) is 2. The number of carbonyl (C=O) groups excluding carboxylic acids is 1. The van der Waals surface area contributed by atoms with Gasteiger partial charge in [0.25, 0.3) is 5.91 Å². The zero-order valence-electron chi connectivity index (χ0n) is 10.2. The fourth-order valence-corrected chi connectivity index (χ4v) is 1.94. The van der Waals surface area contributed by atoms with E-state index in [0.29, 0.717) is 17.3 Å². The van der Waals surface area contributed by atoms with Crippen LogP contribution in [0.5, 0.6) is 5.75 Å². The zero-order valence-corrected chi connectivity index (χ0v) is 10.9. The highest BCUT2D eigenvalue weighted by Crippen LogP contribution is 2.21. The van der Waals surface area contributed by atoms with Crippen molar-refractivity contribution < 1.29 is 14.3 Å². The number of hydrogen-bond donors (Lipinski definition) is 2. The van der Waals surface area contributed by atoms with Crippen LogP contribution >= 0.6 is 11.6 Å². The van der Waals surface area contributed by atoms with Crippen LogP contribution in [0.1, 0.15) is 17.4 Å². The molecule has 2 aromatic rings. The maximum atomic E-state index is 13.5. The Kier molecular flexibility index (Phi) is 3.76. The molecule has 19 heavy (non-hydrogen) atoms. The molecule has 1 amide bonds. The minimum Gasteiger partial charge on any atom is -0.508 e. The number of phenolic OH excluding ortho intramolecular Hbond substituents is 1. The maximum Gasteiger partial charge on any atom is 0.272 e. The van der Waals surface area contributed by atoms with Gasteiger partial charge in [-0.25, -0.2) is 4.39 Å². The van der Waals surface area contributed by atoms with Crippen LogP contribution in [0.4, 0.5) is 10.1 Å². The van der Waals surface area contributed by atoms with Gasteiger partial charge in [0.15, 0.2) is 0 Å². The van der Waals surface area contributed by atoms with E-state index in [9.17, 15) is 9.18 Å². The van der Waals surface area contributed by atoms with Crippen molar-refractivity contribution >= 4 is 23.2 Å². The number of benzene rings is 1. The molecule has 1 heterocycles. The highest BCUT2D eigenvalue weighted by atomic mass is 35.5. The van der Waals surface area contributed by atoms with Crippen molar-refractivity contribution in [3.63, 3.8) is 0 Å². The van der Waals surface area contributed by atoms with Crippen molar-refractivity contribution in [2.45, 2.75) is 13.5 Å². The summed E-state index contributed by atoms with van der Waals surface area (Å²) in [5.74, 6) is -1.36. The van der Waals surface area contributed by atoms with Crippen LogP contribution in [-0.2, 0) is 6.54 Å². The summed E-state index contributed by atoms with van der Waals surface area (Å²) in [6.45, 7) is 2.45. The van der Waals surface area contributed by atoms with E-state index in [1.165, 1.54) is 18.2 Å². The molecule has 2 N–H and O–H groups in total. The standard InChI is InChI=1S/C13H12ClFN2O2/c1-2-17-7-8(14)5-12(17)13(19)16-11-4-3-9(18)6-10(11)15/h3-7,18H,2H2,1H3,(H,16,19). The zero-order chi connectivity index (χ0) is 14.0. The molecule has 0 radical (unpaired) electrons. The van der Waals surface area contributed by atoms with Gasteiger partial charge in [0.2, 0.25) is 0 Å². The lowest BCUT2D eigenvalue weighted by Crippen LogP contribution is -2.17. The van der Waals surface area contributed by atoms with Gasteiger partial charge in [-0.15, -0.1) is 0 Å². The molecule has 0 saturated carbocycles. The monoisotopic (exact) mass is 282 g/mol. The Hall–Kier alpha value is -2.01. The smallest absolute Gasteiger partial charge is 0.272 e.